The zero-order chi connectivity index (χ0) is 70.4. The first-order valence-electron chi connectivity index (χ1n) is 36.6. The summed E-state index contributed by atoms with van der Waals surface area (Å²) in [4.78, 5) is 5.04. The Hall–Kier alpha value is -10.5. The number of nitrogens with zero attached hydrogens (tertiary/aromatic N) is 3. The summed E-state index contributed by atoms with van der Waals surface area (Å²) in [5, 5.41) is 10.6. The van der Waals surface area contributed by atoms with Crippen molar-refractivity contribution in [2.75, 3.05) is 9.80 Å². The van der Waals surface area contributed by atoms with E-state index < -0.39 is 12.1 Å². The van der Waals surface area contributed by atoms with Gasteiger partial charge in [0.15, 0.2) is 0 Å². The highest BCUT2D eigenvalue weighted by Gasteiger charge is 2.48. The molecule has 0 unspecified atom stereocenters. The molecule has 4 heterocycles. The van der Waals surface area contributed by atoms with Crippen LogP contribution in [0.25, 0.3) is 114 Å². The van der Waals surface area contributed by atoms with Crippen LogP contribution in [0.2, 0.25) is 0 Å². The van der Waals surface area contributed by atoms with Crippen LogP contribution >= 0.6 is 11.3 Å². The van der Waals surface area contributed by atoms with Crippen molar-refractivity contribution in [3.8, 4) is 50.2 Å². The van der Waals surface area contributed by atoms with E-state index in [1.807, 2.05) is 23.5 Å². The standard InChI is InChI=1S/C94H80BN3S/c1-91(2,3)64-42-48-80(74(50-64)63-32-24-31-62(49-63)69-44-39-61-38-37-59-29-23-30-60-40-45-72(69)86(61)85(59)60)97-81-56-68(96-78-35-21-19-33-70(78)71-34-20-22-36-79(71)96)43-47-77(81)95-87-82(97)53-67(94(10,11)12)54-83(87)98(89-73-46-41-65(92(4,5)6)55-84(73)99-90(89)95)88-75(57-25-15-13-16-26-57)51-66(93(7,8)9)52-76(88)58-27-17-14-18-28-58/h13-56H,1-12H3/i43D,47D,56D. The van der Waals surface area contributed by atoms with Crippen molar-refractivity contribution in [2.45, 2.75) is 105 Å². The third-order valence-electron chi connectivity index (χ3n) is 21.4. The van der Waals surface area contributed by atoms with Crippen LogP contribution in [0.3, 0.4) is 0 Å². The number of thiophene rings is 1. The van der Waals surface area contributed by atoms with Crippen molar-refractivity contribution in [3.05, 3.63) is 289 Å². The Kier molecular flexibility index (Phi) is 12.8. The summed E-state index contributed by atoms with van der Waals surface area (Å²) in [5.41, 5.74) is 21.9. The number of rotatable bonds is 7. The molecule has 0 spiro atoms. The summed E-state index contributed by atoms with van der Waals surface area (Å²) in [6.45, 7) is 27.1. The van der Waals surface area contributed by atoms with Gasteiger partial charge >= 0.3 is 0 Å². The van der Waals surface area contributed by atoms with E-state index in [0.717, 1.165) is 121 Å². The Morgan fingerprint density at radius 3 is 1.46 bits per heavy atom. The third kappa shape index (κ3) is 9.66. The summed E-state index contributed by atoms with van der Waals surface area (Å²) in [6.07, 6.45) is 0. The smallest absolute Gasteiger partial charge is 0.264 e. The van der Waals surface area contributed by atoms with Gasteiger partial charge in [-0.3, -0.25) is 0 Å². The summed E-state index contributed by atoms with van der Waals surface area (Å²) < 4.78 is 38.0. The third-order valence-corrected chi connectivity index (χ3v) is 22.6. The normalized spacial score (nSPS) is 13.8. The monoisotopic (exact) mass is 1300 g/mol. The SMILES string of the molecule is [2H]c1c([2H])c(-n2c3ccccc3c3ccccc32)c([2H])c2c1B1c3sc4cc(C(C)(C)C)ccc4c3N(c3c(-c4ccccc4)cc(C(C)(C)C)cc3-c3ccccc3)c3cc(C(C)(C)C)cc(c31)N2c1ccc(C(C)(C)C)cc1-c1cccc(-c2ccc3ccc4cccc5ccc2c3c45)c1. The van der Waals surface area contributed by atoms with Crippen LogP contribution in [-0.2, 0) is 21.7 Å². The lowest BCUT2D eigenvalue weighted by molar-refractivity contribution is 0.590. The van der Waals surface area contributed by atoms with Gasteiger partial charge in [0.25, 0.3) is 6.71 Å². The molecule has 0 aliphatic carbocycles. The Labute approximate surface area is 590 Å². The van der Waals surface area contributed by atoms with Crippen LogP contribution in [0.4, 0.5) is 34.1 Å². The lowest BCUT2D eigenvalue weighted by Gasteiger charge is -2.45. The molecule has 5 heteroatoms. The molecule has 0 N–H and O–H groups in total. The predicted octanol–water partition coefficient (Wildman–Crippen LogP) is 24.8. The average Bonchev–Trinajstić information content (AvgIpc) is 1.21. The molecule has 0 saturated carbocycles. The molecule has 99 heavy (non-hydrogen) atoms. The molecule has 0 bridgehead atoms. The van der Waals surface area contributed by atoms with Crippen LogP contribution in [0.1, 0.15) is 109 Å². The second-order valence-corrected chi connectivity index (χ2v) is 32.9. The zero-order valence-electron chi connectivity index (χ0n) is 61.5. The van der Waals surface area contributed by atoms with E-state index >= 15 is 0 Å². The second kappa shape index (κ2) is 22.0. The van der Waals surface area contributed by atoms with E-state index in [1.165, 1.54) is 49.0 Å². The maximum atomic E-state index is 11.6. The molecule has 2 aliphatic heterocycles. The van der Waals surface area contributed by atoms with Gasteiger partial charge in [-0.25, -0.2) is 0 Å². The van der Waals surface area contributed by atoms with Gasteiger partial charge in [0.1, 0.15) is 0 Å². The molecule has 2 aliphatic rings. The first-order valence-corrected chi connectivity index (χ1v) is 35.9. The Balaban J connectivity index is 1.01. The van der Waals surface area contributed by atoms with Gasteiger partial charge in [-0.05, 0) is 188 Å². The Morgan fingerprint density at radius 2 is 0.838 bits per heavy atom. The van der Waals surface area contributed by atoms with Gasteiger partial charge in [-0.1, -0.05) is 277 Å². The summed E-state index contributed by atoms with van der Waals surface area (Å²) >= 11 is 1.81. The maximum Gasteiger partial charge on any atom is 0.264 e. The first kappa shape index (κ1) is 57.6. The van der Waals surface area contributed by atoms with Crippen LogP contribution in [0.15, 0.2) is 267 Å². The maximum absolute atomic E-state index is 11.6. The molecular weight excluding hydrogens is 1210 g/mol. The van der Waals surface area contributed by atoms with E-state index in [9.17, 15) is 4.11 Å². The van der Waals surface area contributed by atoms with Crippen LogP contribution < -0.4 is 25.5 Å². The van der Waals surface area contributed by atoms with Gasteiger partial charge in [-0.2, -0.15) is 0 Å². The van der Waals surface area contributed by atoms with Gasteiger partial charge in [0, 0.05) is 65.1 Å². The first-order chi connectivity index (χ1) is 48.9. The quantitative estimate of drug-likeness (QED) is 0.116. The van der Waals surface area contributed by atoms with Gasteiger partial charge in [0.2, 0.25) is 0 Å². The highest BCUT2D eigenvalue weighted by Crippen LogP contribution is 2.56. The van der Waals surface area contributed by atoms with Crippen molar-refractivity contribution in [3.63, 3.8) is 0 Å². The molecule has 16 aromatic rings. The minimum atomic E-state index is -0.589. The number of anilines is 6. The number of fused-ring (bicyclic) bond motifs is 9. The molecule has 2 aromatic heterocycles. The van der Waals surface area contributed by atoms with Gasteiger partial charge in [0.05, 0.1) is 32.2 Å². The van der Waals surface area contributed by atoms with Gasteiger partial charge < -0.3 is 14.4 Å². The molecule has 18 rings (SSSR count). The Morgan fingerprint density at radius 1 is 0.343 bits per heavy atom. The lowest BCUT2D eigenvalue weighted by atomic mass is 9.36. The van der Waals surface area contributed by atoms with E-state index in [4.69, 9.17) is 0 Å². The zero-order valence-corrected chi connectivity index (χ0v) is 59.3. The lowest BCUT2D eigenvalue weighted by Crippen LogP contribution is -2.60. The fourth-order valence-electron chi connectivity index (χ4n) is 16.2. The van der Waals surface area contributed by atoms with Gasteiger partial charge in [-0.15, -0.1) is 11.3 Å². The number of aromatic nitrogens is 1. The van der Waals surface area contributed by atoms with E-state index in [-0.39, 0.29) is 34.4 Å². The van der Waals surface area contributed by atoms with Crippen molar-refractivity contribution < 1.29 is 4.11 Å². The molecule has 0 atom stereocenters. The van der Waals surface area contributed by atoms with Crippen LogP contribution in [0, 0.1) is 0 Å². The largest absolute Gasteiger partial charge is 0.311 e. The number of hydrogen-bond acceptors (Lipinski definition) is 3. The molecule has 3 nitrogen and oxygen atoms in total. The second-order valence-electron chi connectivity index (χ2n) is 31.8. The van der Waals surface area contributed by atoms with E-state index in [1.54, 1.807) is 0 Å². The van der Waals surface area contributed by atoms with E-state index in [2.05, 4.69) is 334 Å². The number of benzene rings is 14. The minimum Gasteiger partial charge on any atom is -0.311 e. The fraction of sp³-hybridized carbons (Fsp3) is 0.170. The molecule has 0 saturated heterocycles. The molecule has 0 amide bonds. The van der Waals surface area contributed by atoms with Crippen LogP contribution in [0.5, 0.6) is 0 Å². The van der Waals surface area contributed by atoms with Crippen molar-refractivity contribution in [2.24, 2.45) is 0 Å². The fourth-order valence-corrected chi connectivity index (χ4v) is 17.5. The van der Waals surface area contributed by atoms with Crippen molar-refractivity contribution in [1.82, 2.24) is 4.57 Å². The topological polar surface area (TPSA) is 11.4 Å². The van der Waals surface area contributed by atoms with Crippen LogP contribution in [-0.4, -0.2) is 11.3 Å². The highest BCUT2D eigenvalue weighted by molar-refractivity contribution is 7.33. The average molecular weight is 1300 g/mol. The summed E-state index contributed by atoms with van der Waals surface area (Å²) in [6, 6.07) is 92.4. The minimum absolute atomic E-state index is 0.0152. The molecule has 0 radical (unpaired) electrons. The predicted molar refractivity (Wildman–Crippen MR) is 430 cm³/mol. The summed E-state index contributed by atoms with van der Waals surface area (Å²) in [5.74, 6) is 0. The molecular formula is C94H80BN3S. The molecule has 14 aromatic carbocycles. The van der Waals surface area contributed by atoms with E-state index in [0.29, 0.717) is 16.8 Å². The highest BCUT2D eigenvalue weighted by atomic mass is 32.1. The molecule has 480 valence electrons. The summed E-state index contributed by atoms with van der Waals surface area (Å²) in [7, 11) is 0. The Bertz CT molecular complexity index is 6040. The number of para-hydroxylation sites is 2. The van der Waals surface area contributed by atoms with Crippen molar-refractivity contribution >= 4 is 132 Å². The molecule has 0 fully saturated rings. The number of hydrogen-bond donors (Lipinski definition) is 0. The van der Waals surface area contributed by atoms with Crippen molar-refractivity contribution in [1.29, 1.82) is 0 Å².